The van der Waals surface area contributed by atoms with Crippen molar-refractivity contribution < 1.29 is 17.5 Å². The van der Waals surface area contributed by atoms with Crippen LogP contribution in [0.15, 0.2) is 41.3 Å². The van der Waals surface area contributed by atoms with E-state index in [-0.39, 0.29) is 16.4 Å². The van der Waals surface area contributed by atoms with E-state index in [2.05, 4.69) is 4.72 Å². The quantitative estimate of drug-likeness (QED) is 0.845. The third kappa shape index (κ3) is 3.20. The summed E-state index contributed by atoms with van der Waals surface area (Å²) in [5, 5.41) is -0.281. The number of halogens is 2. The number of methoxy groups -OCH3 is 1. The number of nitrogens with one attached hydrogen (secondary N) is 1. The van der Waals surface area contributed by atoms with Gasteiger partial charge < -0.3 is 10.5 Å². The zero-order valence-electron chi connectivity index (χ0n) is 10.9. The van der Waals surface area contributed by atoms with Crippen molar-refractivity contribution in [1.29, 1.82) is 0 Å². The summed E-state index contributed by atoms with van der Waals surface area (Å²) in [4.78, 5) is -0.558. The SMILES string of the molecule is COc1ccc(N)c(NS(=O)(=O)c2cccc(Cl)c2F)c1. The van der Waals surface area contributed by atoms with Gasteiger partial charge in [0.1, 0.15) is 10.6 Å². The second-order valence-electron chi connectivity index (χ2n) is 4.11. The van der Waals surface area contributed by atoms with Gasteiger partial charge in [0, 0.05) is 6.07 Å². The van der Waals surface area contributed by atoms with Crippen LogP contribution in [0.5, 0.6) is 5.75 Å². The minimum Gasteiger partial charge on any atom is -0.497 e. The van der Waals surface area contributed by atoms with Gasteiger partial charge in [-0.05, 0) is 24.3 Å². The second-order valence-corrected chi connectivity index (χ2v) is 6.17. The van der Waals surface area contributed by atoms with Gasteiger partial charge in [0.15, 0.2) is 5.82 Å². The average molecular weight is 331 g/mol. The van der Waals surface area contributed by atoms with Crippen molar-refractivity contribution in [3.05, 3.63) is 47.2 Å². The zero-order valence-corrected chi connectivity index (χ0v) is 12.5. The molecule has 0 fully saturated rings. The van der Waals surface area contributed by atoms with Gasteiger partial charge in [-0.2, -0.15) is 0 Å². The van der Waals surface area contributed by atoms with E-state index in [0.717, 1.165) is 6.07 Å². The number of rotatable bonds is 4. The molecule has 0 heterocycles. The lowest BCUT2D eigenvalue weighted by atomic mass is 10.2. The third-order valence-corrected chi connectivity index (χ3v) is 4.39. The fraction of sp³-hybridized carbons (Fsp3) is 0.0769. The van der Waals surface area contributed by atoms with E-state index in [4.69, 9.17) is 22.1 Å². The number of anilines is 2. The normalized spacial score (nSPS) is 11.2. The van der Waals surface area contributed by atoms with E-state index >= 15 is 0 Å². The van der Waals surface area contributed by atoms with Crippen molar-refractivity contribution >= 4 is 33.0 Å². The van der Waals surface area contributed by atoms with Gasteiger partial charge in [-0.25, -0.2) is 12.8 Å². The average Bonchev–Trinajstić information content (AvgIpc) is 2.44. The van der Waals surface area contributed by atoms with Crippen molar-refractivity contribution in [2.45, 2.75) is 4.90 Å². The van der Waals surface area contributed by atoms with Crippen LogP contribution < -0.4 is 15.2 Å². The molecule has 0 bridgehead atoms. The maximum Gasteiger partial charge on any atom is 0.264 e. The smallest absolute Gasteiger partial charge is 0.264 e. The molecule has 0 aromatic heterocycles. The topological polar surface area (TPSA) is 81.4 Å². The molecule has 0 unspecified atom stereocenters. The van der Waals surface area contributed by atoms with Gasteiger partial charge >= 0.3 is 0 Å². The molecule has 112 valence electrons. The Morgan fingerprint density at radius 2 is 2.00 bits per heavy atom. The fourth-order valence-corrected chi connectivity index (χ4v) is 3.05. The highest BCUT2D eigenvalue weighted by molar-refractivity contribution is 7.92. The van der Waals surface area contributed by atoms with Gasteiger partial charge in [0.2, 0.25) is 0 Å². The molecule has 0 radical (unpaired) electrons. The molecule has 2 aromatic rings. The first-order valence-electron chi connectivity index (χ1n) is 5.75. The first kappa shape index (κ1) is 15.4. The first-order valence-corrected chi connectivity index (χ1v) is 7.61. The van der Waals surface area contributed by atoms with E-state index in [9.17, 15) is 12.8 Å². The van der Waals surface area contributed by atoms with Crippen LogP contribution in [0.2, 0.25) is 5.02 Å². The standard InChI is InChI=1S/C13H12ClFN2O3S/c1-20-8-5-6-10(16)11(7-8)17-21(18,19)12-4-2-3-9(14)13(12)15/h2-7,17H,16H2,1H3. The Balaban J connectivity index is 2.45. The highest BCUT2D eigenvalue weighted by Gasteiger charge is 2.21. The summed E-state index contributed by atoms with van der Waals surface area (Å²) in [5.74, 6) is -0.610. The number of nitrogen functional groups attached to an aromatic ring is 1. The van der Waals surface area contributed by atoms with Crippen LogP contribution in [0, 0.1) is 5.82 Å². The number of hydrogen-bond acceptors (Lipinski definition) is 4. The molecule has 0 atom stereocenters. The Morgan fingerprint density at radius 3 is 2.67 bits per heavy atom. The van der Waals surface area contributed by atoms with Crippen LogP contribution in [0.4, 0.5) is 15.8 Å². The molecule has 5 nitrogen and oxygen atoms in total. The zero-order chi connectivity index (χ0) is 15.6. The predicted octanol–water partition coefficient (Wildman–Crippen LogP) is 2.87. The Morgan fingerprint density at radius 1 is 1.29 bits per heavy atom. The van der Waals surface area contributed by atoms with E-state index < -0.39 is 20.7 Å². The summed E-state index contributed by atoms with van der Waals surface area (Å²) in [6, 6.07) is 8.16. The number of hydrogen-bond donors (Lipinski definition) is 2. The number of nitrogens with two attached hydrogens (primary N) is 1. The molecular formula is C13H12ClFN2O3S. The Hall–Kier alpha value is -1.99. The van der Waals surface area contributed by atoms with E-state index in [1.165, 1.54) is 31.4 Å². The van der Waals surface area contributed by atoms with Crippen LogP contribution in [-0.2, 0) is 10.0 Å². The lowest BCUT2D eigenvalue weighted by Gasteiger charge is -2.12. The van der Waals surface area contributed by atoms with E-state index in [1.807, 2.05) is 0 Å². The molecule has 3 N–H and O–H groups in total. The van der Waals surface area contributed by atoms with Crippen LogP contribution in [0.1, 0.15) is 0 Å². The summed E-state index contributed by atoms with van der Waals surface area (Å²) < 4.78 is 45.5. The maximum atomic E-state index is 13.8. The lowest BCUT2D eigenvalue weighted by molar-refractivity contribution is 0.415. The molecule has 0 aliphatic carbocycles. The van der Waals surface area contributed by atoms with Gasteiger partial charge in [-0.1, -0.05) is 17.7 Å². The molecule has 2 rings (SSSR count). The van der Waals surface area contributed by atoms with Gasteiger partial charge in [0.25, 0.3) is 10.0 Å². The van der Waals surface area contributed by atoms with Crippen molar-refractivity contribution in [1.82, 2.24) is 0 Å². The largest absolute Gasteiger partial charge is 0.497 e. The highest BCUT2D eigenvalue weighted by atomic mass is 35.5. The van der Waals surface area contributed by atoms with E-state index in [0.29, 0.717) is 5.75 Å². The van der Waals surface area contributed by atoms with Crippen LogP contribution >= 0.6 is 11.6 Å². The molecule has 0 aliphatic rings. The number of ether oxygens (including phenoxy) is 1. The van der Waals surface area contributed by atoms with Gasteiger partial charge in [-0.3, -0.25) is 4.72 Å². The predicted molar refractivity (Wildman–Crippen MR) is 79.6 cm³/mol. The molecule has 0 spiro atoms. The molecule has 0 saturated carbocycles. The monoisotopic (exact) mass is 330 g/mol. The van der Waals surface area contributed by atoms with Gasteiger partial charge in [0.05, 0.1) is 23.5 Å². The van der Waals surface area contributed by atoms with Crippen LogP contribution in [0.3, 0.4) is 0 Å². The molecule has 8 heteroatoms. The summed E-state index contributed by atoms with van der Waals surface area (Å²) >= 11 is 5.59. The molecule has 0 amide bonds. The lowest BCUT2D eigenvalue weighted by Crippen LogP contribution is -2.15. The summed E-state index contributed by atoms with van der Waals surface area (Å²) in [5.41, 5.74) is 5.97. The minimum absolute atomic E-state index is 0.0914. The highest BCUT2D eigenvalue weighted by Crippen LogP contribution is 2.28. The summed E-state index contributed by atoms with van der Waals surface area (Å²) in [6.07, 6.45) is 0. The molecule has 21 heavy (non-hydrogen) atoms. The van der Waals surface area contributed by atoms with Crippen LogP contribution in [0.25, 0.3) is 0 Å². The first-order chi connectivity index (χ1) is 9.85. The molecule has 2 aromatic carbocycles. The Kier molecular flexibility index (Phi) is 4.24. The summed E-state index contributed by atoms with van der Waals surface area (Å²) in [7, 11) is -2.73. The second kappa shape index (κ2) is 5.79. The Labute approximate surface area is 126 Å². The maximum absolute atomic E-state index is 13.8. The number of benzene rings is 2. The molecular weight excluding hydrogens is 319 g/mol. The van der Waals surface area contributed by atoms with Crippen molar-refractivity contribution in [3.8, 4) is 5.75 Å². The third-order valence-electron chi connectivity index (χ3n) is 2.71. The number of sulfonamides is 1. The van der Waals surface area contributed by atoms with Crippen molar-refractivity contribution in [2.75, 3.05) is 17.6 Å². The van der Waals surface area contributed by atoms with Crippen LogP contribution in [-0.4, -0.2) is 15.5 Å². The summed E-state index contributed by atoms with van der Waals surface area (Å²) in [6.45, 7) is 0. The molecule has 0 aliphatic heterocycles. The fourth-order valence-electron chi connectivity index (χ4n) is 1.64. The molecule has 0 saturated heterocycles. The van der Waals surface area contributed by atoms with Crippen molar-refractivity contribution in [3.63, 3.8) is 0 Å². The minimum atomic E-state index is -4.16. The van der Waals surface area contributed by atoms with E-state index in [1.54, 1.807) is 6.07 Å². The van der Waals surface area contributed by atoms with Crippen molar-refractivity contribution in [2.24, 2.45) is 0 Å². The Bertz CT molecular complexity index is 781. The van der Waals surface area contributed by atoms with Gasteiger partial charge in [-0.15, -0.1) is 0 Å².